The summed E-state index contributed by atoms with van der Waals surface area (Å²) in [7, 11) is 3.00. The minimum atomic E-state index is -0.783. The molecule has 210 valence electrons. The molecule has 0 bridgehead atoms. The largest absolute Gasteiger partial charge is 0.507 e. The van der Waals surface area contributed by atoms with Gasteiger partial charge in [-0.15, -0.1) is 0 Å². The third kappa shape index (κ3) is 5.94. The number of aryl methyl sites for hydroxylation is 1. The molecule has 9 heteroatoms. The Morgan fingerprint density at radius 2 is 1.68 bits per heavy atom. The van der Waals surface area contributed by atoms with Crippen LogP contribution in [0.1, 0.15) is 29.2 Å². The Morgan fingerprint density at radius 1 is 0.927 bits per heavy atom. The van der Waals surface area contributed by atoms with Crippen LogP contribution in [-0.2, 0) is 22.7 Å². The number of aliphatic hydroxyl groups is 1. The number of methoxy groups -OCH3 is 2. The molecule has 0 saturated carbocycles. The molecule has 2 heterocycles. The lowest BCUT2D eigenvalue weighted by molar-refractivity contribution is -0.139. The highest BCUT2D eigenvalue weighted by molar-refractivity contribution is 6.46. The number of carbonyl (C=O) groups excluding carboxylic acids is 2. The number of likely N-dealkylation sites (tertiary alicyclic amines) is 1. The molecule has 1 fully saturated rings. The van der Waals surface area contributed by atoms with Gasteiger partial charge in [0.25, 0.3) is 11.7 Å². The van der Waals surface area contributed by atoms with Gasteiger partial charge in [-0.3, -0.25) is 9.59 Å². The predicted octanol–water partition coefficient (Wildman–Crippen LogP) is 4.99. The van der Waals surface area contributed by atoms with E-state index in [1.165, 1.54) is 19.1 Å². The first-order valence-electron chi connectivity index (χ1n) is 13.2. The van der Waals surface area contributed by atoms with Crippen molar-refractivity contribution < 1.29 is 28.9 Å². The fourth-order valence-corrected chi connectivity index (χ4v) is 4.93. The van der Waals surface area contributed by atoms with Crippen molar-refractivity contribution in [3.05, 3.63) is 114 Å². The van der Waals surface area contributed by atoms with E-state index in [-0.39, 0.29) is 11.3 Å². The van der Waals surface area contributed by atoms with E-state index in [0.717, 1.165) is 5.56 Å². The first kappa shape index (κ1) is 27.5. The number of amides is 1. The second kappa shape index (κ2) is 12.4. The summed E-state index contributed by atoms with van der Waals surface area (Å²) in [6.07, 6.45) is 5.83. The Kier molecular flexibility index (Phi) is 8.34. The van der Waals surface area contributed by atoms with Gasteiger partial charge >= 0.3 is 0 Å². The first-order chi connectivity index (χ1) is 20.0. The average molecular weight is 554 g/mol. The summed E-state index contributed by atoms with van der Waals surface area (Å²) < 4.78 is 18.5. The van der Waals surface area contributed by atoms with Gasteiger partial charge in [-0.25, -0.2) is 4.98 Å². The lowest BCUT2D eigenvalue weighted by Gasteiger charge is -2.25. The number of imidazole rings is 1. The van der Waals surface area contributed by atoms with Crippen molar-refractivity contribution in [3.63, 3.8) is 0 Å². The molecule has 1 aliphatic heterocycles. The highest BCUT2D eigenvalue weighted by atomic mass is 16.5. The maximum atomic E-state index is 13.4. The number of hydrogen-bond acceptors (Lipinski definition) is 7. The zero-order valence-electron chi connectivity index (χ0n) is 22.9. The van der Waals surface area contributed by atoms with E-state index in [1.54, 1.807) is 42.9 Å². The van der Waals surface area contributed by atoms with Crippen LogP contribution in [0.3, 0.4) is 0 Å². The van der Waals surface area contributed by atoms with Gasteiger partial charge in [-0.2, -0.15) is 0 Å². The van der Waals surface area contributed by atoms with Gasteiger partial charge in [0.1, 0.15) is 18.1 Å². The third-order valence-corrected chi connectivity index (χ3v) is 7.02. The van der Waals surface area contributed by atoms with Crippen LogP contribution in [0.2, 0.25) is 0 Å². The molecule has 0 unspecified atom stereocenters. The number of nitrogens with zero attached hydrogens (tertiary/aromatic N) is 3. The summed E-state index contributed by atoms with van der Waals surface area (Å²) in [5, 5.41) is 11.4. The maximum Gasteiger partial charge on any atom is 0.295 e. The van der Waals surface area contributed by atoms with Crippen molar-refractivity contribution >= 4 is 17.4 Å². The Labute approximate surface area is 238 Å². The number of benzene rings is 3. The van der Waals surface area contributed by atoms with Crippen LogP contribution in [0.4, 0.5) is 0 Å². The third-order valence-electron chi connectivity index (χ3n) is 7.02. The molecular formula is C32H31N3O6. The summed E-state index contributed by atoms with van der Waals surface area (Å²) >= 11 is 0. The van der Waals surface area contributed by atoms with Gasteiger partial charge in [-0.05, 0) is 47.9 Å². The molecule has 1 aromatic heterocycles. The number of aliphatic hydroxyl groups excluding tert-OH is 1. The molecule has 1 aliphatic rings. The number of aromatic nitrogens is 2. The quantitative estimate of drug-likeness (QED) is 0.159. The topological polar surface area (TPSA) is 103 Å². The maximum absolute atomic E-state index is 13.4. The number of Topliss-reactive ketones (excluding diaryl/α,β-unsaturated/α-hetero) is 1. The highest BCUT2D eigenvalue weighted by Gasteiger charge is 2.45. The molecule has 3 aromatic carbocycles. The number of ketones is 1. The van der Waals surface area contributed by atoms with Crippen LogP contribution >= 0.6 is 0 Å². The smallest absolute Gasteiger partial charge is 0.295 e. The van der Waals surface area contributed by atoms with Crippen molar-refractivity contribution in [2.24, 2.45) is 0 Å². The molecule has 1 N–H and O–H groups in total. The predicted molar refractivity (Wildman–Crippen MR) is 153 cm³/mol. The molecule has 4 aromatic rings. The van der Waals surface area contributed by atoms with Crippen LogP contribution < -0.4 is 14.2 Å². The van der Waals surface area contributed by atoms with Gasteiger partial charge in [0.2, 0.25) is 0 Å². The second-order valence-corrected chi connectivity index (χ2v) is 9.56. The fourth-order valence-electron chi connectivity index (χ4n) is 4.93. The molecule has 9 nitrogen and oxygen atoms in total. The molecule has 0 spiro atoms. The zero-order chi connectivity index (χ0) is 28.8. The summed E-state index contributed by atoms with van der Waals surface area (Å²) in [6, 6.07) is 21.2. The SMILES string of the molecule is COc1ccc(C(O)=C2C(=O)C(=O)N(CCCn3ccnc3)[C@H]2c2ccc(OCc3ccccc3)cc2)cc1OC. The summed E-state index contributed by atoms with van der Waals surface area (Å²) in [6.45, 7) is 1.34. The minimum absolute atomic E-state index is 0.0165. The second-order valence-electron chi connectivity index (χ2n) is 9.56. The minimum Gasteiger partial charge on any atom is -0.507 e. The van der Waals surface area contributed by atoms with E-state index < -0.39 is 17.7 Å². The molecule has 0 radical (unpaired) electrons. The average Bonchev–Trinajstić information content (AvgIpc) is 3.62. The fraction of sp³-hybridized carbons (Fsp3) is 0.219. The Hall–Kier alpha value is -5.05. The van der Waals surface area contributed by atoms with E-state index >= 15 is 0 Å². The van der Waals surface area contributed by atoms with Crippen LogP contribution in [0.5, 0.6) is 17.2 Å². The Bertz CT molecular complexity index is 1530. The van der Waals surface area contributed by atoms with E-state index in [0.29, 0.717) is 54.5 Å². The van der Waals surface area contributed by atoms with Gasteiger partial charge < -0.3 is 28.8 Å². The van der Waals surface area contributed by atoms with Crippen molar-refractivity contribution in [2.75, 3.05) is 20.8 Å². The van der Waals surface area contributed by atoms with Gasteiger partial charge in [0, 0.05) is 31.0 Å². The van der Waals surface area contributed by atoms with E-state index in [1.807, 2.05) is 53.2 Å². The van der Waals surface area contributed by atoms with Gasteiger partial charge in [-0.1, -0.05) is 42.5 Å². The molecule has 1 amide bonds. The number of ether oxygens (including phenoxy) is 3. The summed E-state index contributed by atoms with van der Waals surface area (Å²) in [5.74, 6) is -0.166. The van der Waals surface area contributed by atoms with Crippen LogP contribution in [0.25, 0.3) is 5.76 Å². The number of carbonyl (C=O) groups is 2. The first-order valence-corrected chi connectivity index (χ1v) is 13.2. The highest BCUT2D eigenvalue weighted by Crippen LogP contribution is 2.41. The molecule has 1 saturated heterocycles. The Balaban J connectivity index is 1.47. The van der Waals surface area contributed by atoms with Crippen LogP contribution in [-0.4, -0.2) is 52.0 Å². The van der Waals surface area contributed by atoms with Crippen LogP contribution in [0, 0.1) is 0 Å². The van der Waals surface area contributed by atoms with E-state index in [2.05, 4.69) is 4.98 Å². The summed E-state index contributed by atoms with van der Waals surface area (Å²) in [4.78, 5) is 32.3. The lowest BCUT2D eigenvalue weighted by Crippen LogP contribution is -2.31. The van der Waals surface area contributed by atoms with Gasteiger partial charge in [0.05, 0.1) is 32.2 Å². The molecule has 41 heavy (non-hydrogen) atoms. The number of rotatable bonds is 11. The van der Waals surface area contributed by atoms with Crippen molar-refractivity contribution in [3.8, 4) is 17.2 Å². The Morgan fingerprint density at radius 3 is 2.37 bits per heavy atom. The van der Waals surface area contributed by atoms with E-state index in [9.17, 15) is 14.7 Å². The van der Waals surface area contributed by atoms with Crippen molar-refractivity contribution in [1.82, 2.24) is 14.5 Å². The number of hydrogen-bond donors (Lipinski definition) is 1. The van der Waals surface area contributed by atoms with Crippen molar-refractivity contribution in [2.45, 2.75) is 25.6 Å². The van der Waals surface area contributed by atoms with Crippen molar-refractivity contribution in [1.29, 1.82) is 0 Å². The lowest BCUT2D eigenvalue weighted by atomic mass is 9.95. The normalized spacial score (nSPS) is 16.1. The monoisotopic (exact) mass is 553 g/mol. The summed E-state index contributed by atoms with van der Waals surface area (Å²) in [5.41, 5.74) is 2.08. The van der Waals surface area contributed by atoms with Crippen LogP contribution in [0.15, 0.2) is 97.1 Å². The zero-order valence-corrected chi connectivity index (χ0v) is 22.9. The molecule has 5 rings (SSSR count). The van der Waals surface area contributed by atoms with Gasteiger partial charge in [0.15, 0.2) is 11.5 Å². The standard InChI is InChI=1S/C32H31N3O6/c1-39-26-14-11-24(19-27(26)40-2)30(36)28-29(35(32(38)31(28)37)17-6-16-34-18-15-33-21-34)23-9-12-25(13-10-23)41-20-22-7-4-3-5-8-22/h3-5,7-15,18-19,21,29,36H,6,16-17,20H2,1-2H3/t29-/m0/s1. The van der Waals surface area contributed by atoms with E-state index in [4.69, 9.17) is 14.2 Å². The molecular weight excluding hydrogens is 522 g/mol. The molecule has 0 aliphatic carbocycles. The molecule has 1 atom stereocenters.